The Morgan fingerprint density at radius 2 is 2.42 bits per heavy atom. The molecule has 2 rings (SSSR count). The van der Waals surface area contributed by atoms with Gasteiger partial charge in [-0.15, -0.1) is 0 Å². The summed E-state index contributed by atoms with van der Waals surface area (Å²) in [5.41, 5.74) is -0.614. The fourth-order valence-corrected chi connectivity index (χ4v) is 1.78. The molecule has 1 aliphatic rings. The second kappa shape index (κ2) is 5.37. The number of hydrogen-bond acceptors (Lipinski definition) is 6. The van der Waals surface area contributed by atoms with Crippen LogP contribution in [-0.4, -0.2) is 54.6 Å². The van der Waals surface area contributed by atoms with Gasteiger partial charge in [0.25, 0.3) is 5.91 Å². The average molecular weight is 270 g/mol. The van der Waals surface area contributed by atoms with Crippen LogP contribution in [0.2, 0.25) is 0 Å². The first kappa shape index (κ1) is 13.5. The number of hydrogen-bond donors (Lipinski definition) is 2. The Labute approximate surface area is 108 Å². The number of carbonyl (C=O) groups is 2. The summed E-state index contributed by atoms with van der Waals surface area (Å²) in [4.78, 5) is 22.4. The zero-order valence-electron chi connectivity index (χ0n) is 10.3. The predicted octanol–water partition coefficient (Wildman–Crippen LogP) is -0.0919. The van der Waals surface area contributed by atoms with E-state index in [4.69, 9.17) is 14.6 Å². The number of aromatic carboxylic acids is 1. The number of nitrogens with zero attached hydrogens (tertiary/aromatic N) is 1. The number of carboxylic acids is 1. The van der Waals surface area contributed by atoms with E-state index in [0.717, 1.165) is 6.07 Å². The molecule has 104 valence electrons. The molecule has 0 aliphatic carbocycles. The molecule has 1 aromatic heterocycles. The van der Waals surface area contributed by atoms with E-state index in [1.54, 1.807) is 7.11 Å². The lowest BCUT2D eigenvalue weighted by molar-refractivity contribution is -0.0149. The maximum Gasteiger partial charge on any atom is 0.374 e. The molecule has 8 nitrogen and oxygen atoms in total. The smallest absolute Gasteiger partial charge is 0.374 e. The molecule has 1 unspecified atom stereocenters. The molecule has 0 saturated carbocycles. The number of ether oxygens (including phenoxy) is 2. The molecular weight excluding hydrogens is 256 g/mol. The normalized spacial score (nSPS) is 22.4. The molecule has 1 fully saturated rings. The summed E-state index contributed by atoms with van der Waals surface area (Å²) >= 11 is 0. The van der Waals surface area contributed by atoms with Crippen molar-refractivity contribution >= 4 is 11.9 Å². The summed E-state index contributed by atoms with van der Waals surface area (Å²) in [6.45, 7) is 1.25. The van der Waals surface area contributed by atoms with E-state index in [-0.39, 0.29) is 18.0 Å². The number of aromatic nitrogens is 1. The Morgan fingerprint density at radius 3 is 2.95 bits per heavy atom. The zero-order valence-corrected chi connectivity index (χ0v) is 10.3. The Morgan fingerprint density at radius 1 is 1.63 bits per heavy atom. The van der Waals surface area contributed by atoms with Crippen LogP contribution < -0.4 is 5.32 Å². The van der Waals surface area contributed by atoms with Crippen LogP contribution in [0.15, 0.2) is 10.6 Å². The number of carbonyl (C=O) groups excluding carboxylic acids is 1. The van der Waals surface area contributed by atoms with E-state index >= 15 is 0 Å². The highest BCUT2D eigenvalue weighted by Gasteiger charge is 2.35. The highest BCUT2D eigenvalue weighted by atomic mass is 16.5. The second-order valence-corrected chi connectivity index (χ2v) is 4.25. The minimum atomic E-state index is -1.27. The third-order valence-corrected chi connectivity index (χ3v) is 3.02. The molecular formula is C11H14N2O6. The lowest BCUT2D eigenvalue weighted by Crippen LogP contribution is -2.45. The molecule has 0 spiro atoms. The van der Waals surface area contributed by atoms with E-state index in [0.29, 0.717) is 19.6 Å². The SMILES string of the molecule is COC1(CNC(=O)c2cc(C(=O)O)on2)CCOC1. The fourth-order valence-electron chi connectivity index (χ4n) is 1.78. The Balaban J connectivity index is 1.95. The number of carboxylic acid groups (broad SMARTS) is 1. The van der Waals surface area contributed by atoms with Crippen LogP contribution in [0.3, 0.4) is 0 Å². The minimum Gasteiger partial charge on any atom is -0.475 e. The van der Waals surface area contributed by atoms with E-state index in [2.05, 4.69) is 15.0 Å². The molecule has 0 bridgehead atoms. The van der Waals surface area contributed by atoms with E-state index in [9.17, 15) is 9.59 Å². The van der Waals surface area contributed by atoms with Gasteiger partial charge >= 0.3 is 5.97 Å². The van der Waals surface area contributed by atoms with Gasteiger partial charge in [0.15, 0.2) is 5.69 Å². The van der Waals surface area contributed by atoms with Gasteiger partial charge in [0, 0.05) is 32.7 Å². The van der Waals surface area contributed by atoms with Crippen molar-refractivity contribution in [3.63, 3.8) is 0 Å². The quantitative estimate of drug-likeness (QED) is 0.769. The third kappa shape index (κ3) is 2.91. The van der Waals surface area contributed by atoms with Crippen LogP contribution >= 0.6 is 0 Å². The molecule has 1 amide bonds. The topological polar surface area (TPSA) is 111 Å². The zero-order chi connectivity index (χ0) is 13.9. The summed E-state index contributed by atoms with van der Waals surface area (Å²) in [5, 5.41) is 14.7. The molecule has 2 N–H and O–H groups in total. The Kier molecular flexibility index (Phi) is 3.82. The number of amides is 1. The highest BCUT2D eigenvalue weighted by Crippen LogP contribution is 2.21. The van der Waals surface area contributed by atoms with Crippen molar-refractivity contribution in [2.24, 2.45) is 0 Å². The number of rotatable bonds is 5. The van der Waals surface area contributed by atoms with Gasteiger partial charge in [-0.3, -0.25) is 4.79 Å². The number of methoxy groups -OCH3 is 1. The van der Waals surface area contributed by atoms with Crippen LogP contribution in [0.25, 0.3) is 0 Å². The average Bonchev–Trinajstić information content (AvgIpc) is 3.06. The predicted molar refractivity (Wildman–Crippen MR) is 61.0 cm³/mol. The summed E-state index contributed by atoms with van der Waals surface area (Å²) in [7, 11) is 1.56. The molecule has 19 heavy (non-hydrogen) atoms. The lowest BCUT2D eigenvalue weighted by Gasteiger charge is -2.25. The van der Waals surface area contributed by atoms with E-state index in [1.807, 2.05) is 0 Å². The monoisotopic (exact) mass is 270 g/mol. The molecule has 8 heteroatoms. The first-order valence-electron chi connectivity index (χ1n) is 5.67. The molecule has 1 saturated heterocycles. The highest BCUT2D eigenvalue weighted by molar-refractivity contribution is 5.94. The Hall–Kier alpha value is -1.93. The van der Waals surface area contributed by atoms with Crippen molar-refractivity contribution < 1.29 is 28.7 Å². The molecule has 1 atom stereocenters. The summed E-state index contributed by atoms with van der Waals surface area (Å²) in [5.74, 6) is -2.17. The van der Waals surface area contributed by atoms with Gasteiger partial charge in [0.2, 0.25) is 5.76 Å². The van der Waals surface area contributed by atoms with Gasteiger partial charge in [0.05, 0.1) is 6.61 Å². The van der Waals surface area contributed by atoms with Crippen LogP contribution in [0.5, 0.6) is 0 Å². The van der Waals surface area contributed by atoms with E-state index < -0.39 is 17.5 Å². The minimum absolute atomic E-state index is 0.0810. The number of nitrogens with one attached hydrogen (secondary N) is 1. The van der Waals surface area contributed by atoms with Crippen LogP contribution in [0.4, 0.5) is 0 Å². The maximum atomic E-state index is 11.8. The largest absolute Gasteiger partial charge is 0.475 e. The van der Waals surface area contributed by atoms with Crippen molar-refractivity contribution in [3.05, 3.63) is 17.5 Å². The van der Waals surface area contributed by atoms with Gasteiger partial charge < -0.3 is 24.4 Å². The van der Waals surface area contributed by atoms with Gasteiger partial charge in [-0.25, -0.2) is 4.79 Å². The summed E-state index contributed by atoms with van der Waals surface area (Å²) in [6.07, 6.45) is 0.684. The van der Waals surface area contributed by atoms with Gasteiger partial charge in [-0.2, -0.15) is 0 Å². The standard InChI is InChI=1S/C11H14N2O6/c1-17-11(2-3-18-6-11)5-12-9(14)7-4-8(10(15)16)19-13-7/h4H,2-3,5-6H2,1H3,(H,12,14)(H,15,16). The third-order valence-electron chi connectivity index (χ3n) is 3.02. The molecule has 1 aromatic rings. The maximum absolute atomic E-state index is 11.8. The first-order valence-corrected chi connectivity index (χ1v) is 5.67. The molecule has 0 radical (unpaired) electrons. The summed E-state index contributed by atoms with van der Waals surface area (Å²) < 4.78 is 15.1. The van der Waals surface area contributed by atoms with Crippen molar-refractivity contribution in [2.45, 2.75) is 12.0 Å². The second-order valence-electron chi connectivity index (χ2n) is 4.25. The van der Waals surface area contributed by atoms with E-state index in [1.165, 1.54) is 0 Å². The van der Waals surface area contributed by atoms with Crippen LogP contribution in [0, 0.1) is 0 Å². The molecule has 2 heterocycles. The van der Waals surface area contributed by atoms with Gasteiger partial charge in [-0.05, 0) is 0 Å². The van der Waals surface area contributed by atoms with Crippen molar-refractivity contribution in [1.29, 1.82) is 0 Å². The molecule has 0 aromatic carbocycles. The Bertz CT molecular complexity index is 477. The van der Waals surface area contributed by atoms with Crippen molar-refractivity contribution in [3.8, 4) is 0 Å². The fraction of sp³-hybridized carbons (Fsp3) is 0.545. The lowest BCUT2D eigenvalue weighted by atomic mass is 10.0. The molecule has 1 aliphatic heterocycles. The van der Waals surface area contributed by atoms with Crippen molar-refractivity contribution in [2.75, 3.05) is 26.9 Å². The van der Waals surface area contributed by atoms with Crippen molar-refractivity contribution in [1.82, 2.24) is 10.5 Å². The van der Waals surface area contributed by atoms with Crippen LogP contribution in [-0.2, 0) is 9.47 Å². The van der Waals surface area contributed by atoms with Gasteiger partial charge in [0.1, 0.15) is 5.60 Å². The first-order chi connectivity index (χ1) is 9.06. The summed E-state index contributed by atoms with van der Waals surface area (Å²) in [6, 6.07) is 1.07. The van der Waals surface area contributed by atoms with Gasteiger partial charge in [-0.1, -0.05) is 5.16 Å². The van der Waals surface area contributed by atoms with Crippen LogP contribution in [0.1, 0.15) is 27.5 Å².